The first-order valence-corrected chi connectivity index (χ1v) is 7.69. The van der Waals surface area contributed by atoms with Gasteiger partial charge in [0.1, 0.15) is 11.0 Å². The van der Waals surface area contributed by atoms with Gasteiger partial charge >= 0.3 is 11.9 Å². The lowest BCUT2D eigenvalue weighted by Gasteiger charge is -2.28. The van der Waals surface area contributed by atoms with E-state index in [-0.39, 0.29) is 11.5 Å². The van der Waals surface area contributed by atoms with Crippen LogP contribution in [-0.4, -0.2) is 22.7 Å². The number of ether oxygens (including phenoxy) is 1. The molecule has 7 nitrogen and oxygen atoms in total. The largest absolute Gasteiger partial charge is 0.460 e. The number of hydrogen-bond acceptors (Lipinski definition) is 6. The second kappa shape index (κ2) is 7.59. The number of hydrogen-bond donors (Lipinski definition) is 3. The molecule has 1 aromatic carbocycles. The van der Waals surface area contributed by atoms with Crippen LogP contribution < -0.4 is 16.9 Å². The van der Waals surface area contributed by atoms with Gasteiger partial charge in [0.25, 0.3) is 0 Å². The molecule has 1 rings (SSSR count). The number of anilines is 1. The molecule has 0 spiro atoms. The molecule has 5 N–H and O–H groups in total. The van der Waals surface area contributed by atoms with E-state index in [1.165, 1.54) is 0 Å². The molecule has 0 bridgehead atoms. The number of thiocarbonyl (C=S) groups is 1. The highest BCUT2D eigenvalue weighted by molar-refractivity contribution is 7.80. The van der Waals surface area contributed by atoms with Gasteiger partial charge in [0, 0.05) is 5.69 Å². The van der Waals surface area contributed by atoms with Gasteiger partial charge < -0.3 is 20.6 Å². The van der Waals surface area contributed by atoms with Crippen molar-refractivity contribution in [3.05, 3.63) is 29.8 Å². The Balaban J connectivity index is 3.09. The zero-order valence-corrected chi connectivity index (χ0v) is 15.0. The average molecular weight is 353 g/mol. The van der Waals surface area contributed by atoms with Crippen molar-refractivity contribution in [2.24, 2.45) is 11.6 Å². The summed E-state index contributed by atoms with van der Waals surface area (Å²) in [5.74, 6) is 3.79. The Labute approximate surface area is 146 Å². The van der Waals surface area contributed by atoms with Crippen LogP contribution in [-0.2, 0) is 24.6 Å². The molecule has 24 heavy (non-hydrogen) atoms. The number of esters is 1. The third kappa shape index (κ3) is 5.47. The number of rotatable bonds is 5. The van der Waals surface area contributed by atoms with E-state index < -0.39 is 23.0 Å². The number of nitrogens with one attached hydrogen (secondary N) is 1. The van der Waals surface area contributed by atoms with Gasteiger partial charge in [0.15, 0.2) is 5.11 Å². The number of carbonyl (C=O) groups excluding carboxylic acids is 2. The Kier molecular flexibility index (Phi) is 6.28. The quantitative estimate of drug-likeness (QED) is 0.416. The van der Waals surface area contributed by atoms with E-state index in [1.807, 2.05) is 0 Å². The number of carbonyl (C=O) groups is 2. The molecule has 0 aliphatic carbocycles. The van der Waals surface area contributed by atoms with E-state index in [0.717, 1.165) is 0 Å². The number of nitrogens with two attached hydrogens (primary N) is 2. The van der Waals surface area contributed by atoms with Gasteiger partial charge in [-0.15, -0.1) is 0 Å². The van der Waals surface area contributed by atoms with Crippen molar-refractivity contribution in [2.45, 2.75) is 45.1 Å². The van der Waals surface area contributed by atoms with Crippen LogP contribution in [0.4, 0.5) is 5.69 Å². The second-order valence-corrected chi connectivity index (χ2v) is 7.01. The summed E-state index contributed by atoms with van der Waals surface area (Å²) in [5, 5.41) is 2.90. The Morgan fingerprint density at radius 1 is 1.17 bits per heavy atom. The van der Waals surface area contributed by atoms with Crippen molar-refractivity contribution in [3.8, 4) is 0 Å². The van der Waals surface area contributed by atoms with Crippen LogP contribution in [0.3, 0.4) is 0 Å². The van der Waals surface area contributed by atoms with Crippen LogP contribution >= 0.6 is 12.2 Å². The summed E-state index contributed by atoms with van der Waals surface area (Å²) in [6.07, 6.45) is -0.206. The van der Waals surface area contributed by atoms with Gasteiger partial charge in [-0.2, -0.15) is 5.90 Å². The average Bonchev–Trinajstić information content (AvgIpc) is 2.44. The van der Waals surface area contributed by atoms with Crippen LogP contribution in [0, 0.1) is 0 Å². The first-order chi connectivity index (χ1) is 11.0. The summed E-state index contributed by atoms with van der Waals surface area (Å²) in [6.45, 7) is 6.82. The van der Waals surface area contributed by atoms with Crippen LogP contribution in [0.5, 0.6) is 0 Å². The van der Waals surface area contributed by atoms with Crippen molar-refractivity contribution in [3.63, 3.8) is 0 Å². The Morgan fingerprint density at radius 2 is 1.71 bits per heavy atom. The maximum Gasteiger partial charge on any atom is 0.335 e. The fourth-order valence-electron chi connectivity index (χ4n) is 2.15. The highest BCUT2D eigenvalue weighted by atomic mass is 32.1. The number of benzene rings is 1. The van der Waals surface area contributed by atoms with E-state index in [4.69, 9.17) is 28.6 Å². The molecule has 0 saturated heterocycles. The normalized spacial score (nSPS) is 13.5. The topological polar surface area (TPSA) is 117 Å². The van der Waals surface area contributed by atoms with E-state index in [2.05, 4.69) is 10.2 Å². The Hall–Kier alpha value is -2.19. The van der Waals surface area contributed by atoms with Crippen LogP contribution in [0.1, 0.15) is 39.7 Å². The maximum atomic E-state index is 12.2. The first-order valence-electron chi connectivity index (χ1n) is 7.28. The van der Waals surface area contributed by atoms with Crippen LogP contribution in [0.15, 0.2) is 24.3 Å². The first kappa shape index (κ1) is 19.9. The molecule has 0 fully saturated rings. The van der Waals surface area contributed by atoms with E-state index >= 15 is 0 Å². The third-order valence-electron chi connectivity index (χ3n) is 3.27. The van der Waals surface area contributed by atoms with Crippen molar-refractivity contribution < 1.29 is 19.2 Å². The summed E-state index contributed by atoms with van der Waals surface area (Å²) in [7, 11) is 0. The smallest absolute Gasteiger partial charge is 0.335 e. The van der Waals surface area contributed by atoms with Gasteiger partial charge in [-0.25, -0.2) is 4.79 Å². The van der Waals surface area contributed by atoms with Crippen LogP contribution in [0.2, 0.25) is 0 Å². The Bertz CT molecular complexity index is 625. The van der Waals surface area contributed by atoms with E-state index in [1.54, 1.807) is 52.0 Å². The van der Waals surface area contributed by atoms with Gasteiger partial charge in [-0.3, -0.25) is 4.79 Å². The molecule has 0 aromatic heterocycles. The van der Waals surface area contributed by atoms with E-state index in [9.17, 15) is 9.59 Å². The lowest BCUT2D eigenvalue weighted by Crippen LogP contribution is -2.39. The molecule has 1 unspecified atom stereocenters. The van der Waals surface area contributed by atoms with Gasteiger partial charge in [-0.05, 0) is 57.6 Å². The summed E-state index contributed by atoms with van der Waals surface area (Å²) < 4.78 is 5.29. The lowest BCUT2D eigenvalue weighted by molar-refractivity contribution is -0.163. The van der Waals surface area contributed by atoms with Gasteiger partial charge in [-0.1, -0.05) is 12.1 Å². The van der Waals surface area contributed by atoms with Crippen LogP contribution in [0.25, 0.3) is 0 Å². The highest BCUT2D eigenvalue weighted by Crippen LogP contribution is 2.31. The lowest BCUT2D eigenvalue weighted by atomic mass is 9.79. The fraction of sp³-hybridized carbons (Fsp3) is 0.438. The predicted molar refractivity (Wildman–Crippen MR) is 94.9 cm³/mol. The van der Waals surface area contributed by atoms with Gasteiger partial charge in [0.05, 0.1) is 6.42 Å². The molecule has 132 valence electrons. The monoisotopic (exact) mass is 353 g/mol. The molecule has 0 amide bonds. The molecule has 8 heteroatoms. The highest BCUT2D eigenvalue weighted by Gasteiger charge is 2.40. The van der Waals surface area contributed by atoms with Crippen molar-refractivity contribution in [1.29, 1.82) is 0 Å². The van der Waals surface area contributed by atoms with Crippen molar-refractivity contribution in [1.82, 2.24) is 0 Å². The van der Waals surface area contributed by atoms with Crippen molar-refractivity contribution >= 4 is 35.0 Å². The summed E-state index contributed by atoms with van der Waals surface area (Å²) in [4.78, 5) is 28.7. The standard InChI is InChI=1S/C16H23N3O4S/c1-15(2,3)22-12(20)9-16(4,13(21)23-18)10-5-7-11(8-6-10)19-14(17)24/h5-8H,9,18H2,1-4H3,(H3,17,19,24). The predicted octanol–water partition coefficient (Wildman–Crippen LogP) is 1.75. The molecular formula is C16H23N3O4S. The molecule has 0 aliphatic rings. The molecule has 0 aliphatic heterocycles. The van der Waals surface area contributed by atoms with E-state index in [0.29, 0.717) is 11.3 Å². The minimum atomic E-state index is -1.28. The molecule has 0 radical (unpaired) electrons. The second-order valence-electron chi connectivity index (χ2n) is 6.57. The minimum absolute atomic E-state index is 0.126. The minimum Gasteiger partial charge on any atom is -0.460 e. The van der Waals surface area contributed by atoms with Gasteiger partial charge in [0.2, 0.25) is 0 Å². The molecule has 0 saturated carbocycles. The molecule has 0 heterocycles. The molecule has 1 atom stereocenters. The molecular weight excluding hydrogens is 330 g/mol. The summed E-state index contributed by atoms with van der Waals surface area (Å²) >= 11 is 4.77. The fourth-order valence-corrected chi connectivity index (χ4v) is 2.27. The maximum absolute atomic E-state index is 12.2. The zero-order valence-electron chi connectivity index (χ0n) is 14.2. The van der Waals surface area contributed by atoms with Crippen molar-refractivity contribution in [2.75, 3.05) is 5.32 Å². The zero-order chi connectivity index (χ0) is 18.5. The molecule has 1 aromatic rings. The summed E-state index contributed by atoms with van der Waals surface area (Å²) in [5.41, 5.74) is 4.69. The Morgan fingerprint density at radius 3 is 2.12 bits per heavy atom. The summed E-state index contributed by atoms with van der Waals surface area (Å²) in [6, 6.07) is 6.71. The third-order valence-corrected chi connectivity index (χ3v) is 3.37. The SMILES string of the molecule is CC(C)(C)OC(=O)CC(C)(C(=O)ON)c1ccc(NC(N)=S)cc1.